The Bertz CT molecular complexity index is 342. The largest absolute Gasteiger partial charge is 0.300 e. The van der Waals surface area contributed by atoms with Crippen molar-refractivity contribution >= 4 is 11.9 Å². The fourth-order valence-corrected chi connectivity index (χ4v) is 1.11. The van der Waals surface area contributed by atoms with Gasteiger partial charge in [-0.1, -0.05) is 30.4 Å². The van der Waals surface area contributed by atoms with Crippen LogP contribution in [0.1, 0.15) is 25.3 Å². The van der Waals surface area contributed by atoms with Crippen molar-refractivity contribution in [3.8, 4) is 0 Å². The van der Waals surface area contributed by atoms with Crippen molar-refractivity contribution in [1.82, 2.24) is 0 Å². The van der Waals surface area contributed by atoms with Crippen LogP contribution in [0.4, 0.5) is 4.39 Å². The van der Waals surface area contributed by atoms with Crippen molar-refractivity contribution in [3.05, 3.63) is 41.7 Å². The van der Waals surface area contributed by atoms with Gasteiger partial charge in [-0.25, -0.2) is 4.39 Å². The number of benzene rings is 1. The van der Waals surface area contributed by atoms with E-state index in [0.717, 1.165) is 0 Å². The van der Waals surface area contributed by atoms with Gasteiger partial charge in [0.05, 0.1) is 0 Å². The summed E-state index contributed by atoms with van der Waals surface area (Å²) in [5.41, 5.74) is 0.566. The van der Waals surface area contributed by atoms with Crippen LogP contribution in [-0.4, -0.2) is 5.78 Å². The van der Waals surface area contributed by atoms with E-state index in [2.05, 4.69) is 0 Å². The Hall–Kier alpha value is -1.44. The standard InChI is InChI=1S/C12H13FO/c1-10(14)6-2-3-7-11-8-4-5-9-12(11)13/h3-5,7-9H,2,6H2,1H3/b7-3+. The van der Waals surface area contributed by atoms with Crippen LogP contribution in [0.3, 0.4) is 0 Å². The lowest BCUT2D eigenvalue weighted by molar-refractivity contribution is -0.116. The Kier molecular flexibility index (Phi) is 4.05. The third-order valence-corrected chi connectivity index (χ3v) is 1.87. The lowest BCUT2D eigenvalue weighted by atomic mass is 10.1. The molecule has 74 valence electrons. The topological polar surface area (TPSA) is 17.1 Å². The molecule has 0 unspecified atom stereocenters. The Morgan fingerprint density at radius 1 is 1.43 bits per heavy atom. The van der Waals surface area contributed by atoms with Crippen molar-refractivity contribution in [1.29, 1.82) is 0 Å². The molecule has 1 aromatic carbocycles. The lowest BCUT2D eigenvalue weighted by Crippen LogP contribution is -1.86. The maximum atomic E-state index is 13.1. The second kappa shape index (κ2) is 5.32. The maximum absolute atomic E-state index is 13.1. The predicted molar refractivity (Wildman–Crippen MR) is 55.3 cm³/mol. The van der Waals surface area contributed by atoms with Gasteiger partial charge in [0.2, 0.25) is 0 Å². The van der Waals surface area contributed by atoms with Crippen LogP contribution in [0, 0.1) is 5.82 Å². The van der Waals surface area contributed by atoms with Crippen LogP contribution in [0.15, 0.2) is 30.3 Å². The molecule has 0 amide bonds. The van der Waals surface area contributed by atoms with Gasteiger partial charge in [0, 0.05) is 12.0 Å². The predicted octanol–water partition coefficient (Wildman–Crippen LogP) is 3.21. The number of Topliss-reactive ketones (excluding diaryl/α,β-unsaturated/α-hetero) is 1. The maximum Gasteiger partial charge on any atom is 0.130 e. The molecule has 1 aromatic rings. The van der Waals surface area contributed by atoms with Crippen LogP contribution in [-0.2, 0) is 4.79 Å². The molecule has 0 aromatic heterocycles. The molecule has 1 rings (SSSR count). The van der Waals surface area contributed by atoms with Crippen molar-refractivity contribution in [3.63, 3.8) is 0 Å². The van der Waals surface area contributed by atoms with E-state index in [1.54, 1.807) is 31.2 Å². The molecule has 0 radical (unpaired) electrons. The van der Waals surface area contributed by atoms with E-state index in [0.29, 0.717) is 18.4 Å². The van der Waals surface area contributed by atoms with Gasteiger partial charge in [-0.15, -0.1) is 0 Å². The fraction of sp³-hybridized carbons (Fsp3) is 0.250. The van der Waals surface area contributed by atoms with E-state index in [-0.39, 0.29) is 11.6 Å². The summed E-state index contributed by atoms with van der Waals surface area (Å²) in [6.07, 6.45) is 4.71. The van der Waals surface area contributed by atoms with Gasteiger partial charge >= 0.3 is 0 Å². The highest BCUT2D eigenvalue weighted by atomic mass is 19.1. The van der Waals surface area contributed by atoms with Gasteiger partial charge in [-0.2, -0.15) is 0 Å². The normalized spacial score (nSPS) is 10.7. The van der Waals surface area contributed by atoms with E-state index < -0.39 is 0 Å². The highest BCUT2D eigenvalue weighted by molar-refractivity contribution is 5.75. The highest BCUT2D eigenvalue weighted by Crippen LogP contribution is 2.08. The first-order valence-corrected chi connectivity index (χ1v) is 4.60. The molecule has 0 aliphatic carbocycles. The molecule has 0 saturated heterocycles. The number of rotatable bonds is 4. The molecule has 0 atom stereocenters. The minimum absolute atomic E-state index is 0.156. The van der Waals surface area contributed by atoms with Crippen LogP contribution in [0.25, 0.3) is 6.08 Å². The Balaban J connectivity index is 2.52. The summed E-state index contributed by atoms with van der Waals surface area (Å²) in [6, 6.07) is 6.57. The SMILES string of the molecule is CC(=O)CC/C=C/c1ccccc1F. The van der Waals surface area contributed by atoms with Gasteiger partial charge in [-0.05, 0) is 19.4 Å². The van der Waals surface area contributed by atoms with E-state index in [1.807, 2.05) is 6.08 Å². The van der Waals surface area contributed by atoms with E-state index >= 15 is 0 Å². The summed E-state index contributed by atoms with van der Waals surface area (Å²) in [4.78, 5) is 10.6. The third-order valence-electron chi connectivity index (χ3n) is 1.87. The number of halogens is 1. The molecule has 0 saturated carbocycles. The molecule has 0 spiro atoms. The minimum atomic E-state index is -0.230. The molecule has 0 aliphatic heterocycles. The molecule has 0 aliphatic rings. The van der Waals surface area contributed by atoms with Gasteiger partial charge in [0.25, 0.3) is 0 Å². The summed E-state index contributed by atoms with van der Waals surface area (Å²) < 4.78 is 13.1. The van der Waals surface area contributed by atoms with Crippen molar-refractivity contribution in [2.24, 2.45) is 0 Å². The average Bonchev–Trinajstić information content (AvgIpc) is 2.15. The van der Waals surface area contributed by atoms with Gasteiger partial charge in [0.1, 0.15) is 11.6 Å². The number of hydrogen-bond donors (Lipinski definition) is 0. The minimum Gasteiger partial charge on any atom is -0.300 e. The quantitative estimate of drug-likeness (QED) is 0.715. The molecule has 2 heteroatoms. The molecule has 0 heterocycles. The van der Waals surface area contributed by atoms with E-state index in [4.69, 9.17) is 0 Å². The van der Waals surface area contributed by atoms with Gasteiger partial charge < -0.3 is 4.79 Å². The van der Waals surface area contributed by atoms with Crippen LogP contribution < -0.4 is 0 Å². The summed E-state index contributed by atoms with van der Waals surface area (Å²) >= 11 is 0. The molecular weight excluding hydrogens is 179 g/mol. The van der Waals surface area contributed by atoms with Crippen LogP contribution in [0.2, 0.25) is 0 Å². The number of hydrogen-bond acceptors (Lipinski definition) is 1. The number of carbonyl (C=O) groups is 1. The fourth-order valence-electron chi connectivity index (χ4n) is 1.11. The zero-order chi connectivity index (χ0) is 10.4. The van der Waals surface area contributed by atoms with E-state index in [9.17, 15) is 9.18 Å². The highest BCUT2D eigenvalue weighted by Gasteiger charge is 1.94. The second-order valence-electron chi connectivity index (χ2n) is 3.16. The second-order valence-corrected chi connectivity index (χ2v) is 3.16. The Morgan fingerprint density at radius 2 is 2.14 bits per heavy atom. The first-order valence-electron chi connectivity index (χ1n) is 4.60. The monoisotopic (exact) mass is 192 g/mol. The van der Waals surface area contributed by atoms with Crippen LogP contribution in [0.5, 0.6) is 0 Å². The Morgan fingerprint density at radius 3 is 2.79 bits per heavy atom. The summed E-state index contributed by atoms with van der Waals surface area (Å²) in [6.45, 7) is 1.55. The zero-order valence-corrected chi connectivity index (χ0v) is 8.16. The summed E-state index contributed by atoms with van der Waals surface area (Å²) in [5.74, 6) is -0.0743. The smallest absolute Gasteiger partial charge is 0.130 e. The first kappa shape index (κ1) is 10.6. The summed E-state index contributed by atoms with van der Waals surface area (Å²) in [5, 5.41) is 0. The molecule has 0 N–H and O–H groups in total. The molecule has 0 bridgehead atoms. The molecule has 14 heavy (non-hydrogen) atoms. The third kappa shape index (κ3) is 3.52. The summed E-state index contributed by atoms with van der Waals surface area (Å²) in [7, 11) is 0. The van der Waals surface area contributed by atoms with Crippen molar-refractivity contribution in [2.45, 2.75) is 19.8 Å². The molecule has 0 fully saturated rings. The molecular formula is C12H13FO. The number of allylic oxidation sites excluding steroid dienone is 1. The van der Waals surface area contributed by atoms with Gasteiger partial charge in [0.15, 0.2) is 0 Å². The van der Waals surface area contributed by atoms with Crippen LogP contribution >= 0.6 is 0 Å². The average molecular weight is 192 g/mol. The van der Waals surface area contributed by atoms with Crippen molar-refractivity contribution in [2.75, 3.05) is 0 Å². The lowest BCUT2D eigenvalue weighted by Gasteiger charge is -1.94. The molecule has 1 nitrogen and oxygen atoms in total. The van der Waals surface area contributed by atoms with Crippen molar-refractivity contribution < 1.29 is 9.18 Å². The number of ketones is 1. The van der Waals surface area contributed by atoms with Gasteiger partial charge in [-0.3, -0.25) is 0 Å². The van der Waals surface area contributed by atoms with E-state index in [1.165, 1.54) is 6.07 Å². The Labute approximate surface area is 83.3 Å². The first-order chi connectivity index (χ1) is 6.70. The zero-order valence-electron chi connectivity index (χ0n) is 8.16. The number of carbonyl (C=O) groups excluding carboxylic acids is 1.